The van der Waals surface area contributed by atoms with Crippen LogP contribution in [0.4, 0.5) is 11.4 Å². The average molecular weight is 220 g/mol. The Morgan fingerprint density at radius 1 is 0.938 bits per heavy atom. The number of nitrogens with zero attached hydrogens (tertiary/aromatic N) is 4. The number of nitrogen functional groups attached to an aromatic ring is 2. The van der Waals surface area contributed by atoms with E-state index in [4.69, 9.17) is 11.5 Å². The molecule has 0 spiro atoms. The molecule has 0 radical (unpaired) electrons. The molecule has 0 aromatic carbocycles. The van der Waals surface area contributed by atoms with Gasteiger partial charge in [0.25, 0.3) is 0 Å². The first-order chi connectivity index (χ1) is 7.65. The average Bonchev–Trinajstić information content (AvgIpc) is 2.81. The zero-order valence-corrected chi connectivity index (χ0v) is 9.51. The van der Waals surface area contributed by atoms with Crippen molar-refractivity contribution in [2.75, 3.05) is 11.5 Å². The van der Waals surface area contributed by atoms with Crippen molar-refractivity contribution in [2.45, 2.75) is 26.9 Å². The lowest BCUT2D eigenvalue weighted by atomic mass is 10.2. The van der Waals surface area contributed by atoms with E-state index in [0.717, 1.165) is 13.1 Å². The van der Waals surface area contributed by atoms with Crippen molar-refractivity contribution in [3.05, 3.63) is 12.4 Å². The van der Waals surface area contributed by atoms with Crippen molar-refractivity contribution in [3.63, 3.8) is 0 Å². The third kappa shape index (κ3) is 1.62. The first kappa shape index (κ1) is 10.5. The number of hydrogen-bond acceptors (Lipinski definition) is 4. The Bertz CT molecular complexity index is 449. The van der Waals surface area contributed by atoms with Crippen molar-refractivity contribution >= 4 is 11.4 Å². The molecular formula is C10H16N6. The summed E-state index contributed by atoms with van der Waals surface area (Å²) >= 11 is 0. The summed E-state index contributed by atoms with van der Waals surface area (Å²) in [6.45, 7) is 5.56. The van der Waals surface area contributed by atoms with Gasteiger partial charge in [0.15, 0.2) is 0 Å². The van der Waals surface area contributed by atoms with Crippen molar-refractivity contribution < 1.29 is 0 Å². The van der Waals surface area contributed by atoms with Gasteiger partial charge in [0.1, 0.15) is 11.4 Å². The molecule has 86 valence electrons. The number of aryl methyl sites for hydroxylation is 2. The lowest BCUT2D eigenvalue weighted by Gasteiger charge is -1.95. The molecule has 4 N–H and O–H groups in total. The fourth-order valence-electron chi connectivity index (χ4n) is 1.57. The van der Waals surface area contributed by atoms with E-state index in [1.165, 1.54) is 0 Å². The van der Waals surface area contributed by atoms with Gasteiger partial charge in [0, 0.05) is 25.5 Å². The van der Waals surface area contributed by atoms with Crippen LogP contribution in [0.25, 0.3) is 11.4 Å². The molecular weight excluding hydrogens is 204 g/mol. The van der Waals surface area contributed by atoms with Gasteiger partial charge in [-0.05, 0) is 13.8 Å². The van der Waals surface area contributed by atoms with Crippen LogP contribution < -0.4 is 11.5 Å². The number of anilines is 2. The Morgan fingerprint density at radius 3 is 1.56 bits per heavy atom. The number of aromatic nitrogens is 4. The van der Waals surface area contributed by atoms with Gasteiger partial charge in [0.05, 0.1) is 11.4 Å². The van der Waals surface area contributed by atoms with Gasteiger partial charge in [-0.1, -0.05) is 0 Å². The van der Waals surface area contributed by atoms with Crippen LogP contribution in [0.1, 0.15) is 13.8 Å². The smallest absolute Gasteiger partial charge is 0.138 e. The first-order valence-electron chi connectivity index (χ1n) is 5.31. The molecule has 0 amide bonds. The lowest BCUT2D eigenvalue weighted by Crippen LogP contribution is -1.96. The molecule has 2 heterocycles. The van der Waals surface area contributed by atoms with Crippen LogP contribution in [0.3, 0.4) is 0 Å². The highest BCUT2D eigenvalue weighted by Crippen LogP contribution is 2.27. The topological polar surface area (TPSA) is 87.7 Å². The molecule has 0 aliphatic heterocycles. The van der Waals surface area contributed by atoms with Crippen LogP contribution in [-0.4, -0.2) is 19.6 Å². The summed E-state index contributed by atoms with van der Waals surface area (Å²) in [6.07, 6.45) is 3.58. The van der Waals surface area contributed by atoms with E-state index in [1.807, 2.05) is 13.8 Å². The minimum Gasteiger partial charge on any atom is -0.396 e. The highest BCUT2D eigenvalue weighted by molar-refractivity contribution is 5.77. The molecule has 0 aliphatic rings. The van der Waals surface area contributed by atoms with Crippen molar-refractivity contribution in [1.82, 2.24) is 19.6 Å². The van der Waals surface area contributed by atoms with E-state index in [0.29, 0.717) is 22.8 Å². The third-order valence-corrected chi connectivity index (χ3v) is 2.45. The summed E-state index contributed by atoms with van der Waals surface area (Å²) in [5.41, 5.74) is 14.3. The second kappa shape index (κ2) is 3.88. The molecule has 6 heteroatoms. The molecule has 0 saturated carbocycles. The van der Waals surface area contributed by atoms with E-state index < -0.39 is 0 Å². The van der Waals surface area contributed by atoms with E-state index in [2.05, 4.69) is 10.2 Å². The van der Waals surface area contributed by atoms with Crippen LogP contribution in [0.15, 0.2) is 12.4 Å². The van der Waals surface area contributed by atoms with Gasteiger partial charge < -0.3 is 11.5 Å². The first-order valence-corrected chi connectivity index (χ1v) is 5.31. The monoisotopic (exact) mass is 220 g/mol. The second-order valence-electron chi connectivity index (χ2n) is 3.58. The SMILES string of the molecule is CCn1cc(N)c(-c2nn(CC)cc2N)n1. The highest BCUT2D eigenvalue weighted by atomic mass is 15.3. The Hall–Kier alpha value is -1.98. The van der Waals surface area contributed by atoms with Gasteiger partial charge >= 0.3 is 0 Å². The summed E-state index contributed by atoms with van der Waals surface area (Å²) in [4.78, 5) is 0. The van der Waals surface area contributed by atoms with E-state index in [-0.39, 0.29) is 0 Å². The quantitative estimate of drug-likeness (QED) is 0.806. The standard InChI is InChI=1S/C10H16N6/c1-3-15-5-7(11)9(13-15)10-8(12)6-16(4-2)14-10/h5-6H,3-4,11-12H2,1-2H3. The molecule has 2 aromatic heterocycles. The number of nitrogens with two attached hydrogens (primary N) is 2. The Kier molecular flexibility index (Phi) is 2.55. The van der Waals surface area contributed by atoms with Gasteiger partial charge in [-0.3, -0.25) is 9.36 Å². The minimum absolute atomic E-state index is 0.606. The maximum atomic E-state index is 5.88. The largest absolute Gasteiger partial charge is 0.396 e. The van der Waals surface area contributed by atoms with Crippen LogP contribution >= 0.6 is 0 Å². The number of hydrogen-bond donors (Lipinski definition) is 2. The van der Waals surface area contributed by atoms with Gasteiger partial charge in [-0.25, -0.2) is 0 Å². The Labute approximate surface area is 93.8 Å². The van der Waals surface area contributed by atoms with Crippen molar-refractivity contribution in [1.29, 1.82) is 0 Å². The van der Waals surface area contributed by atoms with Crippen LogP contribution in [0.5, 0.6) is 0 Å². The Morgan fingerprint density at radius 2 is 1.31 bits per heavy atom. The summed E-state index contributed by atoms with van der Waals surface area (Å²) < 4.78 is 3.55. The van der Waals surface area contributed by atoms with Crippen molar-refractivity contribution in [2.24, 2.45) is 0 Å². The maximum absolute atomic E-state index is 5.88. The molecule has 0 fully saturated rings. The summed E-state index contributed by atoms with van der Waals surface area (Å²) in [7, 11) is 0. The number of rotatable bonds is 3. The summed E-state index contributed by atoms with van der Waals surface area (Å²) in [5.74, 6) is 0. The predicted octanol–water partition coefficient (Wildman–Crippen LogP) is 0.951. The van der Waals surface area contributed by atoms with Crippen LogP contribution in [-0.2, 0) is 13.1 Å². The molecule has 0 bridgehead atoms. The second-order valence-corrected chi connectivity index (χ2v) is 3.58. The normalized spacial score (nSPS) is 10.9. The molecule has 0 saturated heterocycles. The molecule has 2 aromatic rings. The minimum atomic E-state index is 0.606. The zero-order chi connectivity index (χ0) is 11.7. The fourth-order valence-corrected chi connectivity index (χ4v) is 1.57. The summed E-state index contributed by atoms with van der Waals surface area (Å²) in [5, 5.41) is 8.69. The predicted molar refractivity (Wildman–Crippen MR) is 63.6 cm³/mol. The van der Waals surface area contributed by atoms with Crippen molar-refractivity contribution in [3.8, 4) is 11.4 Å². The third-order valence-electron chi connectivity index (χ3n) is 2.45. The molecule has 6 nitrogen and oxygen atoms in total. The molecule has 0 unspecified atom stereocenters. The van der Waals surface area contributed by atoms with Gasteiger partial charge in [-0.2, -0.15) is 10.2 Å². The van der Waals surface area contributed by atoms with Gasteiger partial charge in [-0.15, -0.1) is 0 Å². The fraction of sp³-hybridized carbons (Fsp3) is 0.400. The van der Waals surface area contributed by atoms with Crippen LogP contribution in [0.2, 0.25) is 0 Å². The molecule has 2 rings (SSSR count). The lowest BCUT2D eigenvalue weighted by molar-refractivity contribution is 0.652. The van der Waals surface area contributed by atoms with E-state index >= 15 is 0 Å². The molecule has 16 heavy (non-hydrogen) atoms. The summed E-state index contributed by atoms with van der Waals surface area (Å²) in [6, 6.07) is 0. The van der Waals surface area contributed by atoms with Crippen LogP contribution in [0, 0.1) is 0 Å². The van der Waals surface area contributed by atoms with E-state index in [9.17, 15) is 0 Å². The molecule has 0 atom stereocenters. The maximum Gasteiger partial charge on any atom is 0.138 e. The highest BCUT2D eigenvalue weighted by Gasteiger charge is 2.14. The Balaban J connectivity index is 2.48. The molecule has 0 aliphatic carbocycles. The van der Waals surface area contributed by atoms with Gasteiger partial charge in [0.2, 0.25) is 0 Å². The van der Waals surface area contributed by atoms with E-state index in [1.54, 1.807) is 21.8 Å². The zero-order valence-electron chi connectivity index (χ0n) is 9.51.